The summed E-state index contributed by atoms with van der Waals surface area (Å²) in [4.78, 5) is 3.68. The second kappa shape index (κ2) is 4.24. The maximum atomic E-state index is 12.5. The van der Waals surface area contributed by atoms with Crippen molar-refractivity contribution in [1.29, 1.82) is 0 Å². The van der Waals surface area contributed by atoms with Crippen LogP contribution in [0.15, 0.2) is 16.9 Å². The van der Waals surface area contributed by atoms with Gasteiger partial charge in [0.1, 0.15) is 5.83 Å². The first kappa shape index (κ1) is 8.34. The minimum Gasteiger partial charge on any atom is -0.290 e. The third-order valence-electron chi connectivity index (χ3n) is 1.06. The predicted molar refractivity (Wildman–Crippen MR) is 38.5 cm³/mol. The van der Waals surface area contributed by atoms with Gasteiger partial charge in [0.15, 0.2) is 0 Å². The largest absolute Gasteiger partial charge is 0.290 e. The van der Waals surface area contributed by atoms with E-state index in [0.717, 1.165) is 6.42 Å². The molecule has 1 nitrogen and oxygen atoms in total. The average molecular weight is 129 g/mol. The fourth-order valence-corrected chi connectivity index (χ4v) is 0.434. The Morgan fingerprint density at radius 2 is 2.22 bits per heavy atom. The van der Waals surface area contributed by atoms with Crippen LogP contribution in [0.3, 0.4) is 0 Å². The van der Waals surface area contributed by atoms with Crippen LogP contribution in [0.25, 0.3) is 0 Å². The van der Waals surface area contributed by atoms with Crippen molar-refractivity contribution in [2.75, 3.05) is 7.05 Å². The molecule has 0 amide bonds. The third kappa shape index (κ3) is 3.01. The summed E-state index contributed by atoms with van der Waals surface area (Å²) in [6.45, 7) is 3.55. The molecule has 0 aromatic rings. The molecule has 0 heterocycles. The van der Waals surface area contributed by atoms with E-state index in [1.165, 1.54) is 6.08 Å². The molecule has 0 aromatic carbocycles. The van der Waals surface area contributed by atoms with Gasteiger partial charge in [-0.25, -0.2) is 4.39 Å². The molecule has 0 aliphatic heterocycles. The fourth-order valence-electron chi connectivity index (χ4n) is 0.434. The van der Waals surface area contributed by atoms with Crippen molar-refractivity contribution in [1.82, 2.24) is 0 Å². The van der Waals surface area contributed by atoms with Gasteiger partial charge in [-0.15, -0.1) is 0 Å². The molecule has 0 aromatic heterocycles. The lowest BCUT2D eigenvalue weighted by Gasteiger charge is -1.91. The Labute approximate surface area is 55.3 Å². The Morgan fingerprint density at radius 3 is 2.56 bits per heavy atom. The average Bonchev–Trinajstić information content (AvgIpc) is 1.87. The van der Waals surface area contributed by atoms with Gasteiger partial charge in [-0.3, -0.25) is 4.99 Å². The molecule has 9 heavy (non-hydrogen) atoms. The minimum absolute atomic E-state index is 0.208. The van der Waals surface area contributed by atoms with E-state index in [1.54, 1.807) is 14.0 Å². The Morgan fingerprint density at radius 1 is 1.67 bits per heavy atom. The first-order valence-corrected chi connectivity index (χ1v) is 3.01. The number of rotatable bonds is 2. The zero-order chi connectivity index (χ0) is 7.28. The van der Waals surface area contributed by atoms with Crippen molar-refractivity contribution in [3.8, 4) is 0 Å². The molecule has 0 aliphatic carbocycles. The van der Waals surface area contributed by atoms with Crippen molar-refractivity contribution < 1.29 is 4.39 Å². The quantitative estimate of drug-likeness (QED) is 0.507. The molecule has 0 spiro atoms. The van der Waals surface area contributed by atoms with Gasteiger partial charge in [-0.2, -0.15) is 0 Å². The number of nitrogens with zero attached hydrogens (tertiary/aromatic N) is 1. The Balaban J connectivity index is 4.03. The summed E-state index contributed by atoms with van der Waals surface area (Å²) >= 11 is 0. The molecule has 52 valence electrons. The smallest absolute Gasteiger partial charge is 0.139 e. The van der Waals surface area contributed by atoms with Gasteiger partial charge in [0.2, 0.25) is 0 Å². The summed E-state index contributed by atoms with van der Waals surface area (Å²) in [6.07, 6.45) is 2.24. The van der Waals surface area contributed by atoms with Crippen LogP contribution in [0.4, 0.5) is 4.39 Å². The van der Waals surface area contributed by atoms with Crippen LogP contribution in [-0.2, 0) is 0 Å². The number of hydrogen-bond donors (Lipinski definition) is 0. The van der Waals surface area contributed by atoms with Gasteiger partial charge >= 0.3 is 0 Å². The topological polar surface area (TPSA) is 12.4 Å². The molecule has 0 unspecified atom stereocenters. The molecule has 0 rings (SSSR count). The van der Waals surface area contributed by atoms with Gasteiger partial charge < -0.3 is 0 Å². The zero-order valence-corrected chi connectivity index (χ0v) is 6.11. The van der Waals surface area contributed by atoms with E-state index < -0.39 is 0 Å². The SMILES string of the molecule is CC/C=C(/F)C(C)=NC. The molecule has 0 saturated heterocycles. The van der Waals surface area contributed by atoms with E-state index in [2.05, 4.69) is 4.99 Å². The summed E-state index contributed by atoms with van der Waals surface area (Å²) < 4.78 is 12.5. The van der Waals surface area contributed by atoms with E-state index in [1.807, 2.05) is 6.92 Å². The van der Waals surface area contributed by atoms with Gasteiger partial charge in [0, 0.05) is 7.05 Å². The van der Waals surface area contributed by atoms with Gasteiger partial charge in [-0.05, 0) is 19.4 Å². The van der Waals surface area contributed by atoms with E-state index in [0.29, 0.717) is 5.71 Å². The highest BCUT2D eigenvalue weighted by Crippen LogP contribution is 2.00. The highest BCUT2D eigenvalue weighted by molar-refractivity contribution is 5.95. The fraction of sp³-hybridized carbons (Fsp3) is 0.571. The monoisotopic (exact) mass is 129 g/mol. The summed E-state index contributed by atoms with van der Waals surface area (Å²) in [5, 5.41) is 0. The number of hydrogen-bond acceptors (Lipinski definition) is 1. The molecule has 0 radical (unpaired) electrons. The lowest BCUT2D eigenvalue weighted by Crippen LogP contribution is -1.89. The van der Waals surface area contributed by atoms with E-state index in [9.17, 15) is 4.39 Å². The summed E-state index contributed by atoms with van der Waals surface area (Å²) in [7, 11) is 1.58. The second-order valence-corrected chi connectivity index (χ2v) is 1.77. The summed E-state index contributed by atoms with van der Waals surface area (Å²) in [6, 6.07) is 0. The molecule has 0 N–H and O–H groups in total. The van der Waals surface area contributed by atoms with E-state index in [4.69, 9.17) is 0 Å². The van der Waals surface area contributed by atoms with Crippen LogP contribution < -0.4 is 0 Å². The second-order valence-electron chi connectivity index (χ2n) is 1.77. The third-order valence-corrected chi connectivity index (χ3v) is 1.06. The highest BCUT2D eigenvalue weighted by atomic mass is 19.1. The van der Waals surface area contributed by atoms with Crippen molar-refractivity contribution in [3.63, 3.8) is 0 Å². The van der Waals surface area contributed by atoms with Crippen molar-refractivity contribution in [2.24, 2.45) is 4.99 Å². The number of halogens is 1. The van der Waals surface area contributed by atoms with Crippen LogP contribution >= 0.6 is 0 Å². The lowest BCUT2D eigenvalue weighted by atomic mass is 10.3. The van der Waals surface area contributed by atoms with Crippen molar-refractivity contribution in [3.05, 3.63) is 11.9 Å². The zero-order valence-electron chi connectivity index (χ0n) is 6.11. The molecular formula is C7H12FN. The molecule has 0 bridgehead atoms. The lowest BCUT2D eigenvalue weighted by molar-refractivity contribution is 0.674. The van der Waals surface area contributed by atoms with Crippen LogP contribution in [-0.4, -0.2) is 12.8 Å². The minimum atomic E-state index is -0.208. The van der Waals surface area contributed by atoms with Gasteiger partial charge in [-0.1, -0.05) is 6.92 Å². The van der Waals surface area contributed by atoms with Crippen molar-refractivity contribution in [2.45, 2.75) is 20.3 Å². The molecule has 0 aliphatic rings. The summed E-state index contributed by atoms with van der Waals surface area (Å²) in [5.41, 5.74) is 0.469. The van der Waals surface area contributed by atoms with Crippen molar-refractivity contribution >= 4 is 5.71 Å². The Hall–Kier alpha value is -0.660. The first-order chi connectivity index (χ1) is 4.22. The van der Waals surface area contributed by atoms with Crippen LogP contribution in [0.2, 0.25) is 0 Å². The normalized spacial score (nSPS) is 14.2. The molecule has 2 heteroatoms. The molecule has 0 atom stereocenters. The van der Waals surface area contributed by atoms with E-state index in [-0.39, 0.29) is 5.83 Å². The maximum Gasteiger partial charge on any atom is 0.139 e. The first-order valence-electron chi connectivity index (χ1n) is 3.01. The van der Waals surface area contributed by atoms with Gasteiger partial charge in [0.05, 0.1) is 5.71 Å². The number of allylic oxidation sites excluding steroid dienone is 2. The van der Waals surface area contributed by atoms with Crippen LogP contribution in [0, 0.1) is 0 Å². The maximum absolute atomic E-state index is 12.5. The number of aliphatic imine (C=N–C) groups is 1. The summed E-state index contributed by atoms with van der Waals surface area (Å²) in [5.74, 6) is -0.208. The van der Waals surface area contributed by atoms with Crippen LogP contribution in [0.1, 0.15) is 20.3 Å². The predicted octanol–water partition coefficient (Wildman–Crippen LogP) is 2.34. The van der Waals surface area contributed by atoms with E-state index >= 15 is 0 Å². The Kier molecular flexibility index (Phi) is 3.93. The molecule has 0 saturated carbocycles. The molecular weight excluding hydrogens is 117 g/mol. The molecule has 0 fully saturated rings. The van der Waals surface area contributed by atoms with Gasteiger partial charge in [0.25, 0.3) is 0 Å². The standard InChI is InChI=1S/C7H12FN/c1-4-5-7(8)6(2)9-3/h5H,4H2,1-3H3/b7-5+,9-6?. The van der Waals surface area contributed by atoms with Crippen LogP contribution in [0.5, 0.6) is 0 Å². The highest BCUT2D eigenvalue weighted by Gasteiger charge is 1.94. The Bertz CT molecular complexity index is 136.